The maximum atomic E-state index is 12.6. The highest BCUT2D eigenvalue weighted by atomic mass is 16.2. The molecule has 1 fully saturated rings. The van der Waals surface area contributed by atoms with Gasteiger partial charge in [-0.1, -0.05) is 37.1 Å². The molecular formula is C19H26N2O. The average molecular weight is 298 g/mol. The van der Waals surface area contributed by atoms with Crippen molar-refractivity contribution in [3.8, 4) is 0 Å². The Labute approximate surface area is 133 Å². The summed E-state index contributed by atoms with van der Waals surface area (Å²) in [5.74, 6) is 0.166. The summed E-state index contributed by atoms with van der Waals surface area (Å²) in [5, 5.41) is 0. The second-order valence-corrected chi connectivity index (χ2v) is 6.29. The zero-order valence-corrected chi connectivity index (χ0v) is 13.6. The van der Waals surface area contributed by atoms with Gasteiger partial charge in [0.2, 0.25) is 0 Å². The van der Waals surface area contributed by atoms with Crippen molar-refractivity contribution in [1.29, 1.82) is 0 Å². The van der Waals surface area contributed by atoms with E-state index in [1.165, 1.54) is 38.8 Å². The number of likely N-dealkylation sites (tertiary alicyclic amines) is 1. The zero-order chi connectivity index (χ0) is 15.4. The Hall–Kier alpha value is -1.61. The lowest BCUT2D eigenvalue weighted by Crippen LogP contribution is -2.30. The summed E-state index contributed by atoms with van der Waals surface area (Å²) in [5.41, 5.74) is 3.02. The summed E-state index contributed by atoms with van der Waals surface area (Å²) >= 11 is 0. The third-order valence-electron chi connectivity index (χ3n) is 4.80. The molecule has 3 heteroatoms. The lowest BCUT2D eigenvalue weighted by Gasteiger charge is -2.23. The summed E-state index contributed by atoms with van der Waals surface area (Å²) in [6.07, 6.45) is 8.52. The minimum atomic E-state index is 0.166. The number of allylic oxidation sites excluding steroid dienone is 1. The lowest BCUT2D eigenvalue weighted by molar-refractivity contribution is 0.0845. The standard InChI is InChI=1S/C19H26N2O/c1-2-18-16-10-5-6-11-17(16)19(22)21(18)15-9-14-20-12-7-3-4-8-13-20/h2,5-6,10-11H,3-4,7-9,12-15H2,1H3. The first-order valence-electron chi connectivity index (χ1n) is 8.61. The molecule has 0 unspecified atom stereocenters. The number of fused-ring (bicyclic) bond motifs is 1. The normalized spacial score (nSPS) is 21.2. The molecule has 0 bridgehead atoms. The van der Waals surface area contributed by atoms with E-state index in [9.17, 15) is 4.79 Å². The molecule has 1 amide bonds. The third-order valence-corrected chi connectivity index (χ3v) is 4.80. The third kappa shape index (κ3) is 3.09. The summed E-state index contributed by atoms with van der Waals surface area (Å²) in [6, 6.07) is 7.95. The summed E-state index contributed by atoms with van der Waals surface area (Å²) in [4.78, 5) is 17.1. The van der Waals surface area contributed by atoms with Gasteiger partial charge in [-0.05, 0) is 51.9 Å². The molecule has 1 aromatic carbocycles. The lowest BCUT2D eigenvalue weighted by atomic mass is 10.1. The zero-order valence-electron chi connectivity index (χ0n) is 13.6. The van der Waals surface area contributed by atoms with Gasteiger partial charge in [0.15, 0.2) is 0 Å². The van der Waals surface area contributed by atoms with Crippen LogP contribution in [-0.4, -0.2) is 41.9 Å². The van der Waals surface area contributed by atoms with Crippen LogP contribution < -0.4 is 0 Å². The Morgan fingerprint density at radius 1 is 1.00 bits per heavy atom. The Balaban J connectivity index is 1.60. The molecule has 118 valence electrons. The predicted octanol–water partition coefficient (Wildman–Crippen LogP) is 3.77. The Morgan fingerprint density at radius 3 is 2.36 bits per heavy atom. The van der Waals surface area contributed by atoms with Crippen molar-refractivity contribution in [2.24, 2.45) is 0 Å². The van der Waals surface area contributed by atoms with E-state index >= 15 is 0 Å². The topological polar surface area (TPSA) is 23.6 Å². The van der Waals surface area contributed by atoms with Crippen LogP contribution in [0.25, 0.3) is 5.70 Å². The van der Waals surface area contributed by atoms with Crippen molar-refractivity contribution in [3.05, 3.63) is 41.5 Å². The van der Waals surface area contributed by atoms with Crippen molar-refractivity contribution in [3.63, 3.8) is 0 Å². The van der Waals surface area contributed by atoms with Crippen molar-refractivity contribution in [1.82, 2.24) is 9.80 Å². The molecule has 0 atom stereocenters. The number of rotatable bonds is 4. The van der Waals surface area contributed by atoms with Crippen LogP contribution in [0.15, 0.2) is 30.3 Å². The van der Waals surface area contributed by atoms with Crippen LogP contribution in [0.2, 0.25) is 0 Å². The van der Waals surface area contributed by atoms with Crippen LogP contribution in [0.4, 0.5) is 0 Å². The highest BCUT2D eigenvalue weighted by molar-refractivity contribution is 6.09. The fourth-order valence-electron chi connectivity index (χ4n) is 3.64. The van der Waals surface area contributed by atoms with Crippen molar-refractivity contribution < 1.29 is 4.79 Å². The number of hydrogen-bond acceptors (Lipinski definition) is 2. The molecule has 0 aromatic heterocycles. The van der Waals surface area contributed by atoms with Gasteiger partial charge in [0.1, 0.15) is 0 Å². The van der Waals surface area contributed by atoms with E-state index in [0.717, 1.165) is 36.3 Å². The Kier molecular flexibility index (Phi) is 4.94. The summed E-state index contributed by atoms with van der Waals surface area (Å²) in [7, 11) is 0. The molecule has 3 rings (SSSR count). The van der Waals surface area contributed by atoms with Gasteiger partial charge >= 0.3 is 0 Å². The van der Waals surface area contributed by atoms with Gasteiger partial charge in [-0.2, -0.15) is 0 Å². The first kappa shape index (κ1) is 15.3. The maximum absolute atomic E-state index is 12.6. The molecule has 2 aliphatic heterocycles. The molecule has 0 saturated carbocycles. The van der Waals surface area contributed by atoms with Crippen LogP contribution in [-0.2, 0) is 0 Å². The van der Waals surface area contributed by atoms with E-state index < -0.39 is 0 Å². The minimum absolute atomic E-state index is 0.166. The SMILES string of the molecule is CC=C1c2ccccc2C(=O)N1CCCN1CCCCCC1. The largest absolute Gasteiger partial charge is 0.308 e. The fraction of sp³-hybridized carbons (Fsp3) is 0.526. The molecular weight excluding hydrogens is 272 g/mol. The highest BCUT2D eigenvalue weighted by Crippen LogP contribution is 2.32. The number of benzene rings is 1. The van der Waals surface area contributed by atoms with E-state index in [4.69, 9.17) is 0 Å². The molecule has 2 aliphatic rings. The molecule has 1 saturated heterocycles. The van der Waals surface area contributed by atoms with Gasteiger partial charge < -0.3 is 9.80 Å². The van der Waals surface area contributed by atoms with E-state index in [-0.39, 0.29) is 5.91 Å². The highest BCUT2D eigenvalue weighted by Gasteiger charge is 2.30. The first-order chi connectivity index (χ1) is 10.8. The number of amides is 1. The van der Waals surface area contributed by atoms with Gasteiger partial charge in [-0.25, -0.2) is 0 Å². The quantitative estimate of drug-likeness (QED) is 0.845. The van der Waals surface area contributed by atoms with Crippen LogP contribution in [0.3, 0.4) is 0 Å². The molecule has 0 aliphatic carbocycles. The van der Waals surface area contributed by atoms with Gasteiger partial charge in [0, 0.05) is 23.4 Å². The monoisotopic (exact) mass is 298 g/mol. The number of carbonyl (C=O) groups is 1. The van der Waals surface area contributed by atoms with E-state index in [2.05, 4.69) is 17.0 Å². The van der Waals surface area contributed by atoms with E-state index in [1.807, 2.05) is 30.0 Å². The van der Waals surface area contributed by atoms with Crippen molar-refractivity contribution >= 4 is 11.6 Å². The Morgan fingerprint density at radius 2 is 1.68 bits per heavy atom. The van der Waals surface area contributed by atoms with Crippen molar-refractivity contribution in [2.75, 3.05) is 26.2 Å². The van der Waals surface area contributed by atoms with Crippen LogP contribution in [0, 0.1) is 0 Å². The van der Waals surface area contributed by atoms with E-state index in [0.29, 0.717) is 0 Å². The van der Waals surface area contributed by atoms with Gasteiger partial charge in [0.05, 0.1) is 0 Å². The molecule has 1 aromatic rings. The van der Waals surface area contributed by atoms with Gasteiger partial charge in [-0.3, -0.25) is 4.79 Å². The summed E-state index contributed by atoms with van der Waals surface area (Å²) < 4.78 is 0. The summed E-state index contributed by atoms with van der Waals surface area (Å²) in [6.45, 7) is 6.41. The second kappa shape index (κ2) is 7.10. The smallest absolute Gasteiger partial charge is 0.258 e. The number of hydrogen-bond donors (Lipinski definition) is 0. The fourth-order valence-corrected chi connectivity index (χ4v) is 3.64. The number of nitrogens with zero attached hydrogens (tertiary/aromatic N) is 2. The Bertz CT molecular complexity index is 556. The van der Waals surface area contributed by atoms with Crippen LogP contribution in [0.5, 0.6) is 0 Å². The molecule has 2 heterocycles. The maximum Gasteiger partial charge on any atom is 0.258 e. The molecule has 22 heavy (non-hydrogen) atoms. The molecule has 0 spiro atoms. The molecule has 0 N–H and O–H groups in total. The first-order valence-corrected chi connectivity index (χ1v) is 8.61. The van der Waals surface area contributed by atoms with Crippen molar-refractivity contribution in [2.45, 2.75) is 39.0 Å². The van der Waals surface area contributed by atoms with Gasteiger partial charge in [0.25, 0.3) is 5.91 Å². The number of carbonyl (C=O) groups excluding carboxylic acids is 1. The second-order valence-electron chi connectivity index (χ2n) is 6.29. The average Bonchev–Trinajstić information content (AvgIpc) is 2.72. The predicted molar refractivity (Wildman–Crippen MR) is 90.7 cm³/mol. The minimum Gasteiger partial charge on any atom is -0.308 e. The van der Waals surface area contributed by atoms with Crippen LogP contribution in [0.1, 0.15) is 54.9 Å². The molecule has 3 nitrogen and oxygen atoms in total. The molecule has 0 radical (unpaired) electrons. The van der Waals surface area contributed by atoms with Gasteiger partial charge in [-0.15, -0.1) is 0 Å². The van der Waals surface area contributed by atoms with Crippen LogP contribution >= 0.6 is 0 Å². The van der Waals surface area contributed by atoms with E-state index in [1.54, 1.807) is 0 Å².